The molecule has 1 aliphatic heterocycles. The lowest BCUT2D eigenvalue weighted by molar-refractivity contribution is 0.0489. The number of rotatable bonds is 7. The smallest absolute Gasteiger partial charge is 0.160 e. The van der Waals surface area contributed by atoms with Crippen LogP contribution in [0.15, 0.2) is 36.4 Å². The first kappa shape index (κ1) is 19.5. The summed E-state index contributed by atoms with van der Waals surface area (Å²) in [6, 6.07) is 11.9. The summed E-state index contributed by atoms with van der Waals surface area (Å²) in [5.41, 5.74) is 3.48. The number of ether oxygens (including phenoxy) is 3. The molecule has 1 heterocycles. The van der Waals surface area contributed by atoms with Gasteiger partial charge >= 0.3 is 0 Å². The van der Waals surface area contributed by atoms with E-state index in [1.807, 2.05) is 6.07 Å². The molecule has 3 rings (SSSR count). The van der Waals surface area contributed by atoms with Gasteiger partial charge in [0.1, 0.15) is 5.75 Å². The Bertz CT molecular complexity index is 769. The molecule has 0 bridgehead atoms. The van der Waals surface area contributed by atoms with Crippen molar-refractivity contribution in [1.82, 2.24) is 5.32 Å². The summed E-state index contributed by atoms with van der Waals surface area (Å²) in [5.74, 6) is 1.59. The normalized spacial score (nSPS) is 16.1. The molecular weight excluding hydrogens is 342 g/mol. The zero-order chi connectivity index (χ0) is 19.3. The van der Waals surface area contributed by atoms with E-state index in [1.165, 1.54) is 11.1 Å². The van der Waals surface area contributed by atoms with E-state index in [0.717, 1.165) is 43.9 Å². The third-order valence-electron chi connectivity index (χ3n) is 5.41. The monoisotopic (exact) mass is 371 g/mol. The highest BCUT2D eigenvalue weighted by Crippen LogP contribution is 2.40. The second-order valence-electron chi connectivity index (χ2n) is 7.21. The van der Waals surface area contributed by atoms with Gasteiger partial charge < -0.3 is 24.6 Å². The van der Waals surface area contributed by atoms with Gasteiger partial charge in [-0.2, -0.15) is 0 Å². The average Bonchev–Trinajstić information content (AvgIpc) is 2.69. The largest absolute Gasteiger partial charge is 0.504 e. The molecular formula is C22H29NO4. The second kappa shape index (κ2) is 8.63. The Morgan fingerprint density at radius 1 is 1.04 bits per heavy atom. The fourth-order valence-corrected chi connectivity index (χ4v) is 3.83. The third kappa shape index (κ3) is 4.37. The van der Waals surface area contributed by atoms with Crippen LogP contribution in [0.2, 0.25) is 0 Å². The Balaban J connectivity index is 1.78. The van der Waals surface area contributed by atoms with Gasteiger partial charge in [0.2, 0.25) is 0 Å². The molecule has 146 valence electrons. The highest BCUT2D eigenvalue weighted by atomic mass is 16.5. The van der Waals surface area contributed by atoms with Gasteiger partial charge in [-0.05, 0) is 43.5 Å². The number of aromatic hydroxyl groups is 1. The van der Waals surface area contributed by atoms with E-state index in [2.05, 4.69) is 30.4 Å². The number of hydrogen-bond acceptors (Lipinski definition) is 5. The van der Waals surface area contributed by atoms with E-state index in [9.17, 15) is 5.11 Å². The van der Waals surface area contributed by atoms with Gasteiger partial charge in [0.15, 0.2) is 11.5 Å². The van der Waals surface area contributed by atoms with E-state index >= 15 is 0 Å². The van der Waals surface area contributed by atoms with Crippen LogP contribution >= 0.6 is 0 Å². The zero-order valence-corrected chi connectivity index (χ0v) is 16.4. The molecule has 0 radical (unpaired) electrons. The van der Waals surface area contributed by atoms with Crippen LogP contribution in [0, 0.1) is 6.92 Å². The molecule has 0 amide bonds. The highest BCUT2D eigenvalue weighted by molar-refractivity contribution is 5.44. The third-order valence-corrected chi connectivity index (χ3v) is 5.41. The lowest BCUT2D eigenvalue weighted by atomic mass is 9.73. The standard InChI is InChI=1S/C22H29NO4/c1-16-4-6-20(25-2)18(12-16)22(8-10-27-11-9-22)15-23-14-17-5-7-21(26-3)19(24)13-17/h4-7,12-13,23-24H,8-11,14-15H2,1-3H3. The minimum Gasteiger partial charge on any atom is -0.504 e. The first-order valence-electron chi connectivity index (χ1n) is 9.37. The van der Waals surface area contributed by atoms with E-state index in [4.69, 9.17) is 14.2 Å². The van der Waals surface area contributed by atoms with E-state index < -0.39 is 0 Å². The molecule has 2 aromatic carbocycles. The molecule has 1 saturated heterocycles. The van der Waals surface area contributed by atoms with Gasteiger partial charge in [-0.25, -0.2) is 0 Å². The first-order valence-corrected chi connectivity index (χ1v) is 9.37. The van der Waals surface area contributed by atoms with Crippen molar-refractivity contribution in [2.45, 2.75) is 31.7 Å². The van der Waals surface area contributed by atoms with Gasteiger partial charge in [-0.3, -0.25) is 0 Å². The summed E-state index contributed by atoms with van der Waals surface area (Å²) in [7, 11) is 3.28. The first-order chi connectivity index (χ1) is 13.1. The summed E-state index contributed by atoms with van der Waals surface area (Å²) < 4.78 is 16.4. The number of hydrogen-bond donors (Lipinski definition) is 2. The molecule has 2 aromatic rings. The number of phenols is 1. The molecule has 0 atom stereocenters. The van der Waals surface area contributed by atoms with E-state index in [1.54, 1.807) is 26.4 Å². The molecule has 5 nitrogen and oxygen atoms in total. The molecule has 5 heteroatoms. The number of phenolic OH excluding ortho intramolecular Hbond substituents is 1. The van der Waals surface area contributed by atoms with Crippen LogP contribution in [0.5, 0.6) is 17.2 Å². The Morgan fingerprint density at radius 2 is 1.74 bits per heavy atom. The molecule has 1 aliphatic rings. The van der Waals surface area contributed by atoms with Gasteiger partial charge in [0.25, 0.3) is 0 Å². The average molecular weight is 371 g/mol. The molecule has 0 aliphatic carbocycles. The topological polar surface area (TPSA) is 60.0 Å². The predicted molar refractivity (Wildman–Crippen MR) is 106 cm³/mol. The predicted octanol–water partition coefficient (Wildman–Crippen LogP) is 3.56. The van der Waals surface area contributed by atoms with Crippen LogP contribution in [0.4, 0.5) is 0 Å². The molecule has 0 saturated carbocycles. The Labute approximate surface area is 161 Å². The molecule has 27 heavy (non-hydrogen) atoms. The maximum Gasteiger partial charge on any atom is 0.160 e. The Morgan fingerprint density at radius 3 is 2.41 bits per heavy atom. The zero-order valence-electron chi connectivity index (χ0n) is 16.4. The van der Waals surface area contributed by atoms with Gasteiger partial charge in [0, 0.05) is 37.3 Å². The van der Waals surface area contributed by atoms with Crippen LogP contribution in [-0.4, -0.2) is 39.1 Å². The lowest BCUT2D eigenvalue weighted by Crippen LogP contribution is -2.43. The van der Waals surface area contributed by atoms with Crippen LogP contribution < -0.4 is 14.8 Å². The molecule has 0 unspecified atom stereocenters. The molecule has 0 spiro atoms. The summed E-state index contributed by atoms with van der Waals surface area (Å²) in [5, 5.41) is 13.6. The minimum atomic E-state index is -0.0237. The van der Waals surface area contributed by atoms with Crippen molar-refractivity contribution in [2.75, 3.05) is 34.0 Å². The van der Waals surface area contributed by atoms with Crippen molar-refractivity contribution in [3.8, 4) is 17.2 Å². The fourth-order valence-electron chi connectivity index (χ4n) is 3.83. The second-order valence-corrected chi connectivity index (χ2v) is 7.21. The Hall–Kier alpha value is -2.24. The summed E-state index contributed by atoms with van der Waals surface area (Å²) in [6.07, 6.45) is 1.90. The molecule has 2 N–H and O–H groups in total. The van der Waals surface area contributed by atoms with Gasteiger partial charge in [-0.1, -0.05) is 23.8 Å². The summed E-state index contributed by atoms with van der Waals surface area (Å²) in [4.78, 5) is 0. The number of methoxy groups -OCH3 is 2. The van der Waals surface area contributed by atoms with Crippen LogP contribution in [-0.2, 0) is 16.7 Å². The van der Waals surface area contributed by atoms with Crippen molar-refractivity contribution in [1.29, 1.82) is 0 Å². The van der Waals surface area contributed by atoms with Crippen molar-refractivity contribution in [3.05, 3.63) is 53.1 Å². The van der Waals surface area contributed by atoms with Gasteiger partial charge in [-0.15, -0.1) is 0 Å². The van der Waals surface area contributed by atoms with Crippen molar-refractivity contribution in [3.63, 3.8) is 0 Å². The summed E-state index contributed by atoms with van der Waals surface area (Å²) in [6.45, 7) is 5.12. The maximum absolute atomic E-state index is 9.98. The van der Waals surface area contributed by atoms with Crippen LogP contribution in [0.3, 0.4) is 0 Å². The summed E-state index contributed by atoms with van der Waals surface area (Å²) >= 11 is 0. The number of aryl methyl sites for hydroxylation is 1. The maximum atomic E-state index is 9.98. The minimum absolute atomic E-state index is 0.0237. The number of benzene rings is 2. The molecule has 1 fully saturated rings. The van der Waals surface area contributed by atoms with Gasteiger partial charge in [0.05, 0.1) is 14.2 Å². The van der Waals surface area contributed by atoms with Crippen LogP contribution in [0.25, 0.3) is 0 Å². The SMILES string of the molecule is COc1ccc(CNCC2(c3cc(C)ccc3OC)CCOCC2)cc1O. The quantitative estimate of drug-likeness (QED) is 0.779. The van der Waals surface area contributed by atoms with Crippen molar-refractivity contribution >= 4 is 0 Å². The van der Waals surface area contributed by atoms with Crippen molar-refractivity contribution < 1.29 is 19.3 Å². The van der Waals surface area contributed by atoms with Crippen molar-refractivity contribution in [2.24, 2.45) is 0 Å². The number of nitrogens with one attached hydrogen (secondary N) is 1. The Kier molecular flexibility index (Phi) is 6.24. The van der Waals surface area contributed by atoms with E-state index in [0.29, 0.717) is 12.3 Å². The van der Waals surface area contributed by atoms with Crippen LogP contribution in [0.1, 0.15) is 29.5 Å². The highest BCUT2D eigenvalue weighted by Gasteiger charge is 2.36. The lowest BCUT2D eigenvalue weighted by Gasteiger charge is -2.39. The fraction of sp³-hybridized carbons (Fsp3) is 0.455. The van der Waals surface area contributed by atoms with E-state index in [-0.39, 0.29) is 11.2 Å². The molecule has 0 aromatic heterocycles.